The molecular formula is C26H27ClN4O3S. The van der Waals surface area contributed by atoms with Gasteiger partial charge in [0.25, 0.3) is 10.0 Å². The fraction of sp³-hybridized carbons (Fsp3) is 0.269. The monoisotopic (exact) mass is 510 g/mol. The largest absolute Gasteiger partial charge is 0.368 e. The number of halogens is 1. The van der Waals surface area contributed by atoms with Crippen molar-refractivity contribution in [1.82, 2.24) is 9.62 Å². The van der Waals surface area contributed by atoms with Gasteiger partial charge in [-0.3, -0.25) is 4.90 Å². The van der Waals surface area contributed by atoms with E-state index in [1.54, 1.807) is 19.1 Å². The van der Waals surface area contributed by atoms with E-state index in [4.69, 9.17) is 11.6 Å². The van der Waals surface area contributed by atoms with Crippen LogP contribution in [0.4, 0.5) is 16.2 Å². The average molecular weight is 511 g/mol. The molecule has 1 atom stereocenters. The number of hydrogen-bond acceptors (Lipinski definition) is 5. The summed E-state index contributed by atoms with van der Waals surface area (Å²) < 4.78 is 29.4. The highest BCUT2D eigenvalue weighted by Gasteiger charge is 2.46. The Morgan fingerprint density at radius 1 is 0.943 bits per heavy atom. The number of hydrogen-bond donors (Lipinski definition) is 1. The lowest BCUT2D eigenvalue weighted by Crippen LogP contribution is -2.52. The summed E-state index contributed by atoms with van der Waals surface area (Å²) in [5.41, 5.74) is 2.48. The van der Waals surface area contributed by atoms with Gasteiger partial charge in [-0.1, -0.05) is 72.3 Å². The Morgan fingerprint density at radius 3 is 2.20 bits per heavy atom. The first-order valence-corrected chi connectivity index (χ1v) is 13.4. The number of fused-ring (bicyclic) bond motifs is 1. The van der Waals surface area contributed by atoms with Gasteiger partial charge in [0.1, 0.15) is 4.90 Å². The zero-order valence-corrected chi connectivity index (χ0v) is 21.0. The van der Waals surface area contributed by atoms with Gasteiger partial charge >= 0.3 is 6.03 Å². The number of rotatable bonds is 5. The van der Waals surface area contributed by atoms with Crippen molar-refractivity contribution in [2.45, 2.75) is 24.4 Å². The van der Waals surface area contributed by atoms with Crippen LogP contribution in [0.1, 0.15) is 24.1 Å². The van der Waals surface area contributed by atoms with Crippen molar-refractivity contribution in [3.05, 3.63) is 88.9 Å². The molecule has 2 aliphatic heterocycles. The lowest BCUT2D eigenvalue weighted by Gasteiger charge is -2.41. The molecule has 2 aliphatic rings. The Labute approximate surface area is 211 Å². The highest BCUT2D eigenvalue weighted by atomic mass is 35.5. The van der Waals surface area contributed by atoms with Crippen molar-refractivity contribution < 1.29 is 13.2 Å². The van der Waals surface area contributed by atoms with Gasteiger partial charge in [0.05, 0.1) is 24.0 Å². The molecule has 0 aromatic heterocycles. The molecule has 9 heteroatoms. The highest BCUT2D eigenvalue weighted by Crippen LogP contribution is 2.46. The molecule has 2 heterocycles. The Bertz CT molecular complexity index is 1330. The Balaban J connectivity index is 1.71. The Hall–Kier alpha value is -3.07. The van der Waals surface area contributed by atoms with Crippen molar-refractivity contribution in [3.63, 3.8) is 0 Å². The molecule has 1 fully saturated rings. The smallest absolute Gasteiger partial charge is 0.339 e. The van der Waals surface area contributed by atoms with Crippen LogP contribution >= 0.6 is 11.6 Å². The number of carbonyl (C=O) groups excluding carboxylic acids is 1. The first-order valence-electron chi connectivity index (χ1n) is 11.6. The molecule has 1 saturated heterocycles. The van der Waals surface area contributed by atoms with Crippen LogP contribution in [-0.2, 0) is 16.6 Å². The van der Waals surface area contributed by atoms with Crippen LogP contribution in [0.3, 0.4) is 0 Å². The van der Waals surface area contributed by atoms with Crippen LogP contribution in [-0.4, -0.2) is 44.9 Å². The van der Waals surface area contributed by atoms with Crippen LogP contribution in [0.15, 0.2) is 77.7 Å². The molecular weight excluding hydrogens is 484 g/mol. The minimum absolute atomic E-state index is 0.127. The lowest BCUT2D eigenvalue weighted by molar-refractivity contribution is 0.218. The number of amides is 2. The maximum atomic E-state index is 14.2. The fourth-order valence-corrected chi connectivity index (χ4v) is 6.88. The van der Waals surface area contributed by atoms with E-state index in [2.05, 4.69) is 5.32 Å². The quantitative estimate of drug-likeness (QED) is 0.541. The fourth-order valence-electron chi connectivity index (χ4n) is 4.75. The van der Waals surface area contributed by atoms with E-state index in [-0.39, 0.29) is 11.4 Å². The predicted molar refractivity (Wildman–Crippen MR) is 138 cm³/mol. The molecule has 0 aliphatic carbocycles. The van der Waals surface area contributed by atoms with E-state index >= 15 is 0 Å². The maximum absolute atomic E-state index is 14.2. The molecule has 7 nitrogen and oxygen atoms in total. The number of carbonyl (C=O) groups is 1. The molecule has 182 valence electrons. The molecule has 0 bridgehead atoms. The molecule has 0 spiro atoms. The lowest BCUT2D eigenvalue weighted by atomic mass is 10.1. The van der Waals surface area contributed by atoms with Crippen LogP contribution in [0, 0.1) is 0 Å². The van der Waals surface area contributed by atoms with Gasteiger partial charge in [-0.05, 0) is 30.2 Å². The third kappa shape index (κ3) is 4.37. The number of nitrogens with one attached hydrogen (secondary N) is 1. The summed E-state index contributed by atoms with van der Waals surface area (Å²) in [5.74, 6) is 0. The van der Waals surface area contributed by atoms with Crippen molar-refractivity contribution in [3.8, 4) is 0 Å². The van der Waals surface area contributed by atoms with E-state index in [0.717, 1.165) is 28.5 Å². The van der Waals surface area contributed by atoms with Crippen LogP contribution in [0.25, 0.3) is 0 Å². The second-order valence-corrected chi connectivity index (χ2v) is 10.9. The minimum atomic E-state index is -4.18. The number of nitrogens with zero attached hydrogens (tertiary/aromatic N) is 3. The second kappa shape index (κ2) is 9.53. The van der Waals surface area contributed by atoms with Gasteiger partial charge in [-0.2, -0.15) is 0 Å². The summed E-state index contributed by atoms with van der Waals surface area (Å²) in [6.45, 7) is 4.72. The highest BCUT2D eigenvalue weighted by molar-refractivity contribution is 7.90. The number of benzene rings is 3. The minimum Gasteiger partial charge on any atom is -0.368 e. The molecule has 1 N–H and O–H groups in total. The summed E-state index contributed by atoms with van der Waals surface area (Å²) in [6.07, 6.45) is 0. The molecule has 3 aromatic carbocycles. The van der Waals surface area contributed by atoms with Gasteiger partial charge in [0.2, 0.25) is 0 Å². The first kappa shape index (κ1) is 23.7. The SMILES string of the molecule is C[C@@H](c1ccccc1)N1C(=O)N(Cc2ccccc2)c2cc(Cl)cc(N3CCNCC3)c2S1(=O)=O. The normalized spacial score (nSPS) is 18.3. The summed E-state index contributed by atoms with van der Waals surface area (Å²) >= 11 is 6.52. The number of urea groups is 1. The Morgan fingerprint density at radius 2 is 1.54 bits per heavy atom. The molecule has 2 amide bonds. The van der Waals surface area contributed by atoms with Crippen LogP contribution in [0.2, 0.25) is 5.02 Å². The van der Waals surface area contributed by atoms with Gasteiger partial charge in [-0.25, -0.2) is 17.5 Å². The molecule has 5 rings (SSSR count). The van der Waals surface area contributed by atoms with Crippen LogP contribution in [0.5, 0.6) is 0 Å². The first-order chi connectivity index (χ1) is 16.9. The van der Waals surface area contributed by atoms with E-state index in [1.165, 1.54) is 4.90 Å². The number of piperazine rings is 1. The molecule has 0 unspecified atom stereocenters. The van der Waals surface area contributed by atoms with Gasteiger partial charge in [-0.15, -0.1) is 0 Å². The van der Waals surface area contributed by atoms with Crippen molar-refractivity contribution in [2.24, 2.45) is 0 Å². The zero-order valence-electron chi connectivity index (χ0n) is 19.4. The van der Waals surface area contributed by atoms with Gasteiger partial charge in [0.15, 0.2) is 0 Å². The maximum Gasteiger partial charge on any atom is 0.339 e. The van der Waals surface area contributed by atoms with Gasteiger partial charge < -0.3 is 10.2 Å². The van der Waals surface area contributed by atoms with E-state index in [0.29, 0.717) is 29.5 Å². The molecule has 0 saturated carbocycles. The third-order valence-corrected chi connectivity index (χ3v) is 8.66. The van der Waals surface area contributed by atoms with Gasteiger partial charge in [0, 0.05) is 31.2 Å². The molecule has 3 aromatic rings. The Kier molecular flexibility index (Phi) is 6.44. The third-order valence-electron chi connectivity index (χ3n) is 6.52. The topological polar surface area (TPSA) is 73.0 Å². The van der Waals surface area contributed by atoms with E-state index in [9.17, 15) is 13.2 Å². The van der Waals surface area contributed by atoms with E-state index in [1.807, 2.05) is 65.6 Å². The van der Waals surface area contributed by atoms with Crippen molar-refractivity contribution in [1.29, 1.82) is 0 Å². The van der Waals surface area contributed by atoms with Crippen LogP contribution < -0.4 is 15.1 Å². The zero-order chi connectivity index (χ0) is 24.6. The van der Waals surface area contributed by atoms with Crippen molar-refractivity contribution in [2.75, 3.05) is 36.0 Å². The second-order valence-electron chi connectivity index (χ2n) is 8.75. The molecule has 35 heavy (non-hydrogen) atoms. The summed E-state index contributed by atoms with van der Waals surface area (Å²) in [4.78, 5) is 17.6. The summed E-state index contributed by atoms with van der Waals surface area (Å²) in [6, 6.07) is 20.8. The number of sulfonamides is 1. The average Bonchev–Trinajstić information content (AvgIpc) is 2.87. The summed E-state index contributed by atoms with van der Waals surface area (Å²) in [5, 5.41) is 3.69. The van der Waals surface area contributed by atoms with Crippen molar-refractivity contribution >= 4 is 39.0 Å². The standard InChI is InChI=1S/C26H27ClN4O3S/c1-19(21-10-6-3-7-11-21)31-26(32)30(18-20-8-4-2-5-9-20)24-17-22(27)16-23(25(24)35(31,33)34)29-14-12-28-13-15-29/h2-11,16-17,19,28H,12-15,18H2,1H3/t19-/m0/s1. The molecule has 0 radical (unpaired) electrons. The predicted octanol–water partition coefficient (Wildman–Crippen LogP) is 4.64. The number of anilines is 2. The summed E-state index contributed by atoms with van der Waals surface area (Å²) in [7, 11) is -4.18. The van der Waals surface area contributed by atoms with E-state index < -0.39 is 22.1 Å².